The summed E-state index contributed by atoms with van der Waals surface area (Å²) in [6, 6.07) is 0. The molecule has 5 heteroatoms. The molecule has 0 aliphatic carbocycles. The Balaban J connectivity index is -0.000000249. The Labute approximate surface area is 94.6 Å². The molecule has 1 N–H and O–H groups in total. The largest absolute Gasteiger partial charge is 1.00 e. The Bertz CT molecular complexity index is 125. The van der Waals surface area contributed by atoms with E-state index in [4.69, 9.17) is 5.11 Å². The number of rotatable bonds is 3. The Morgan fingerprint density at radius 1 is 1.42 bits per heavy atom. The third-order valence-corrected chi connectivity index (χ3v) is 0.601. The van der Waals surface area contributed by atoms with Crippen LogP contribution in [0.25, 0.3) is 0 Å². The molecule has 66 valence electrons. The van der Waals surface area contributed by atoms with Crippen molar-refractivity contribution in [2.45, 2.75) is 20.3 Å². The molecule has 0 fully saturated rings. The van der Waals surface area contributed by atoms with Gasteiger partial charge in [-0.2, -0.15) is 6.92 Å². The van der Waals surface area contributed by atoms with Gasteiger partial charge in [0.1, 0.15) is 6.42 Å². The zero-order chi connectivity index (χ0) is 9.28. The van der Waals surface area contributed by atoms with Gasteiger partial charge in [0.2, 0.25) is 0 Å². The summed E-state index contributed by atoms with van der Waals surface area (Å²) >= 11 is 0. The zero-order valence-corrected chi connectivity index (χ0v) is 9.79. The van der Waals surface area contributed by atoms with Crippen molar-refractivity contribution in [1.29, 1.82) is 0 Å². The number of hydrogen-bond donors (Lipinski definition) is 1. The van der Waals surface area contributed by atoms with Gasteiger partial charge in [-0.25, -0.2) is 0 Å². The number of hydrogen-bond acceptors (Lipinski definition) is 3. The molecule has 0 spiro atoms. The molecule has 0 saturated heterocycles. The second kappa shape index (κ2) is 13.5. The summed E-state index contributed by atoms with van der Waals surface area (Å²) in [7, 11) is 0. The minimum atomic E-state index is -1.16. The first-order valence-electron chi connectivity index (χ1n) is 3.25. The molecule has 0 radical (unpaired) electrons. The van der Waals surface area contributed by atoms with Crippen molar-refractivity contribution >= 4 is 11.9 Å². The minimum Gasteiger partial charge on any atom is -0.481 e. The van der Waals surface area contributed by atoms with E-state index in [1.807, 2.05) is 0 Å². The SMILES string of the molecule is CCOC(=O)CC(=O)O.[CH2-]C.[Na+]. The van der Waals surface area contributed by atoms with E-state index >= 15 is 0 Å². The summed E-state index contributed by atoms with van der Waals surface area (Å²) in [6.45, 7) is 6.85. The van der Waals surface area contributed by atoms with Gasteiger partial charge in [0.15, 0.2) is 0 Å². The maximum Gasteiger partial charge on any atom is 1.00 e. The van der Waals surface area contributed by atoms with E-state index in [0.29, 0.717) is 0 Å². The normalized spacial score (nSPS) is 6.92. The van der Waals surface area contributed by atoms with E-state index in [1.54, 1.807) is 13.8 Å². The van der Waals surface area contributed by atoms with E-state index in [-0.39, 0.29) is 36.2 Å². The van der Waals surface area contributed by atoms with Crippen LogP contribution in [0.5, 0.6) is 0 Å². The predicted molar refractivity (Wildman–Crippen MR) is 39.9 cm³/mol. The molecule has 0 aromatic rings. The predicted octanol–water partition coefficient (Wildman–Crippen LogP) is -2.13. The average Bonchev–Trinajstić information content (AvgIpc) is 1.91. The van der Waals surface area contributed by atoms with E-state index in [9.17, 15) is 9.59 Å². The minimum absolute atomic E-state index is 0. The molecule has 0 aliphatic rings. The van der Waals surface area contributed by atoms with Gasteiger partial charge in [-0.05, 0) is 6.92 Å². The van der Waals surface area contributed by atoms with Gasteiger partial charge >= 0.3 is 41.5 Å². The van der Waals surface area contributed by atoms with Gasteiger partial charge in [0, 0.05) is 0 Å². The molecule has 0 saturated carbocycles. The number of carboxylic acid groups (broad SMARTS) is 1. The summed E-state index contributed by atoms with van der Waals surface area (Å²) < 4.78 is 4.33. The van der Waals surface area contributed by atoms with Crippen LogP contribution in [0.15, 0.2) is 0 Å². The number of esters is 1. The number of carboxylic acids is 1. The molecule has 12 heavy (non-hydrogen) atoms. The summed E-state index contributed by atoms with van der Waals surface area (Å²) in [6.07, 6.45) is -0.548. The molecular formula is C7H13NaO4. The van der Waals surface area contributed by atoms with Crippen LogP contribution in [0.1, 0.15) is 20.3 Å². The van der Waals surface area contributed by atoms with E-state index in [1.165, 1.54) is 0 Å². The first kappa shape index (κ1) is 17.9. The van der Waals surface area contributed by atoms with Crippen LogP contribution in [0.4, 0.5) is 0 Å². The maximum atomic E-state index is 10.3. The van der Waals surface area contributed by atoms with Crippen molar-refractivity contribution in [1.82, 2.24) is 0 Å². The summed E-state index contributed by atoms with van der Waals surface area (Å²) in [5.41, 5.74) is 0. The van der Waals surface area contributed by atoms with E-state index < -0.39 is 18.4 Å². The third-order valence-electron chi connectivity index (χ3n) is 0.601. The van der Waals surface area contributed by atoms with Gasteiger partial charge in [0.05, 0.1) is 6.61 Å². The molecule has 4 nitrogen and oxygen atoms in total. The Kier molecular flexibility index (Phi) is 20.2. The standard InChI is InChI=1S/C5H8O4.C2H5.Na/c1-2-9-5(8)3-4(6)7;1-2;/h2-3H2,1H3,(H,6,7);1H2,2H3;/q;-1;+1. The van der Waals surface area contributed by atoms with Crippen molar-refractivity contribution < 1.29 is 49.0 Å². The van der Waals surface area contributed by atoms with Crippen molar-refractivity contribution in [3.63, 3.8) is 0 Å². The van der Waals surface area contributed by atoms with Crippen LogP contribution in [0.3, 0.4) is 0 Å². The summed E-state index contributed by atoms with van der Waals surface area (Å²) in [5.74, 6) is -1.85. The summed E-state index contributed by atoms with van der Waals surface area (Å²) in [5, 5.41) is 8.01. The topological polar surface area (TPSA) is 63.6 Å². The first-order valence-corrected chi connectivity index (χ1v) is 3.25. The molecular weight excluding hydrogens is 171 g/mol. The molecule has 0 heterocycles. The molecule has 0 amide bonds. The Morgan fingerprint density at radius 3 is 2.08 bits per heavy atom. The summed E-state index contributed by atoms with van der Waals surface area (Å²) in [4.78, 5) is 20.0. The molecule has 0 aromatic heterocycles. The monoisotopic (exact) mass is 184 g/mol. The average molecular weight is 184 g/mol. The van der Waals surface area contributed by atoms with Crippen molar-refractivity contribution in [3.05, 3.63) is 6.92 Å². The van der Waals surface area contributed by atoms with E-state index in [0.717, 1.165) is 0 Å². The number of carbonyl (C=O) groups excluding carboxylic acids is 1. The second-order valence-electron chi connectivity index (χ2n) is 1.38. The van der Waals surface area contributed by atoms with Crippen LogP contribution in [-0.2, 0) is 14.3 Å². The zero-order valence-electron chi connectivity index (χ0n) is 7.79. The smallest absolute Gasteiger partial charge is 0.481 e. The van der Waals surface area contributed by atoms with Crippen LogP contribution in [0, 0.1) is 6.92 Å². The third kappa shape index (κ3) is 16.5. The van der Waals surface area contributed by atoms with Crippen LogP contribution in [0.2, 0.25) is 0 Å². The second-order valence-corrected chi connectivity index (χ2v) is 1.38. The number of carbonyl (C=O) groups is 2. The maximum absolute atomic E-state index is 10.3. The fourth-order valence-electron chi connectivity index (χ4n) is 0.335. The van der Waals surface area contributed by atoms with Crippen LogP contribution < -0.4 is 29.6 Å². The fraction of sp³-hybridized carbons (Fsp3) is 0.571. The Morgan fingerprint density at radius 2 is 1.83 bits per heavy atom. The molecule has 0 bridgehead atoms. The van der Waals surface area contributed by atoms with Crippen molar-refractivity contribution in [3.8, 4) is 0 Å². The van der Waals surface area contributed by atoms with Gasteiger partial charge in [-0.3, -0.25) is 9.59 Å². The quantitative estimate of drug-likeness (QED) is 0.235. The van der Waals surface area contributed by atoms with Crippen LogP contribution in [-0.4, -0.2) is 23.7 Å². The molecule has 0 atom stereocenters. The van der Waals surface area contributed by atoms with Gasteiger partial charge in [0.25, 0.3) is 0 Å². The fourth-order valence-corrected chi connectivity index (χ4v) is 0.335. The Hall–Kier alpha value is -0.0600. The van der Waals surface area contributed by atoms with Gasteiger partial charge < -0.3 is 16.8 Å². The van der Waals surface area contributed by atoms with Gasteiger partial charge in [-0.15, -0.1) is 0 Å². The molecule has 0 aromatic carbocycles. The van der Waals surface area contributed by atoms with Gasteiger partial charge in [-0.1, -0.05) is 0 Å². The first-order chi connectivity index (χ1) is 5.16. The molecule has 0 rings (SSSR count). The van der Waals surface area contributed by atoms with E-state index in [2.05, 4.69) is 11.7 Å². The molecule has 0 unspecified atom stereocenters. The number of ether oxygens (including phenoxy) is 1. The van der Waals surface area contributed by atoms with Crippen molar-refractivity contribution in [2.75, 3.05) is 6.61 Å². The molecule has 0 aliphatic heterocycles. The van der Waals surface area contributed by atoms with Crippen molar-refractivity contribution in [2.24, 2.45) is 0 Å². The van der Waals surface area contributed by atoms with Crippen LogP contribution >= 0.6 is 0 Å². The number of aliphatic carboxylic acids is 1.